The molecule has 1 aromatic heterocycles. The Bertz CT molecular complexity index is 1270. The number of rotatable bonds is 8. The molecule has 35 heavy (non-hydrogen) atoms. The minimum Gasteiger partial charge on any atom is -0.495 e. The molecule has 1 heterocycles. The van der Waals surface area contributed by atoms with Crippen LogP contribution in [0.25, 0.3) is 11.3 Å². The lowest BCUT2D eigenvalue weighted by Crippen LogP contribution is -2.29. The summed E-state index contributed by atoms with van der Waals surface area (Å²) in [4.78, 5) is 24.9. The van der Waals surface area contributed by atoms with Crippen LogP contribution in [0.3, 0.4) is 0 Å². The number of hydrogen-bond donors (Lipinski definition) is 1. The zero-order valence-corrected chi connectivity index (χ0v) is 19.2. The van der Waals surface area contributed by atoms with Gasteiger partial charge in [-0.25, -0.2) is 4.68 Å². The van der Waals surface area contributed by atoms with Crippen LogP contribution in [0, 0.1) is 0 Å². The number of methoxy groups -OCH3 is 4. The molecule has 2 aromatic carbocycles. The van der Waals surface area contributed by atoms with Crippen molar-refractivity contribution in [2.45, 2.75) is 12.7 Å². The topological polar surface area (TPSA) is 101 Å². The van der Waals surface area contributed by atoms with Crippen molar-refractivity contribution in [3.63, 3.8) is 0 Å². The van der Waals surface area contributed by atoms with Crippen LogP contribution in [0.4, 0.5) is 18.9 Å². The number of nitrogens with one attached hydrogen (secondary N) is 1. The summed E-state index contributed by atoms with van der Waals surface area (Å²) in [6, 6.07) is 8.57. The van der Waals surface area contributed by atoms with Gasteiger partial charge in [0.05, 0.1) is 45.4 Å². The van der Waals surface area contributed by atoms with Gasteiger partial charge in [0.1, 0.15) is 12.3 Å². The van der Waals surface area contributed by atoms with Crippen LogP contribution in [0.1, 0.15) is 5.56 Å². The van der Waals surface area contributed by atoms with Crippen molar-refractivity contribution in [1.29, 1.82) is 0 Å². The Morgan fingerprint density at radius 1 is 0.914 bits per heavy atom. The maximum atomic E-state index is 13.1. The number of carbonyl (C=O) groups is 1. The summed E-state index contributed by atoms with van der Waals surface area (Å²) in [5.41, 5.74) is -0.927. The zero-order valence-electron chi connectivity index (χ0n) is 19.2. The van der Waals surface area contributed by atoms with Gasteiger partial charge in [0.2, 0.25) is 11.7 Å². The lowest BCUT2D eigenvalue weighted by atomic mass is 10.1. The van der Waals surface area contributed by atoms with Gasteiger partial charge in [-0.05, 0) is 36.4 Å². The third-order valence-electron chi connectivity index (χ3n) is 4.92. The second kappa shape index (κ2) is 10.4. The molecule has 0 fully saturated rings. The summed E-state index contributed by atoms with van der Waals surface area (Å²) in [5, 5.41) is 6.55. The predicted molar refractivity (Wildman–Crippen MR) is 120 cm³/mol. The number of amides is 1. The van der Waals surface area contributed by atoms with Gasteiger partial charge in [0, 0.05) is 11.6 Å². The molecular weight excluding hydrogens is 471 g/mol. The molecule has 0 bridgehead atoms. The van der Waals surface area contributed by atoms with Crippen LogP contribution in [0.15, 0.2) is 47.3 Å². The fraction of sp³-hybridized carbons (Fsp3) is 0.261. The van der Waals surface area contributed by atoms with Crippen molar-refractivity contribution in [3.8, 4) is 34.3 Å². The number of nitrogens with zero attached hydrogens (tertiary/aromatic N) is 2. The van der Waals surface area contributed by atoms with Gasteiger partial charge >= 0.3 is 6.18 Å². The molecular formula is C23H22F3N3O6. The number of ether oxygens (including phenoxy) is 4. The molecule has 1 amide bonds. The Kier molecular flexibility index (Phi) is 7.52. The maximum absolute atomic E-state index is 13.1. The van der Waals surface area contributed by atoms with E-state index in [4.69, 9.17) is 18.9 Å². The van der Waals surface area contributed by atoms with Gasteiger partial charge in [-0.15, -0.1) is 0 Å². The van der Waals surface area contributed by atoms with Crippen molar-refractivity contribution in [2.75, 3.05) is 33.8 Å². The van der Waals surface area contributed by atoms with E-state index in [2.05, 4.69) is 10.4 Å². The van der Waals surface area contributed by atoms with Crippen molar-refractivity contribution in [2.24, 2.45) is 0 Å². The Hall–Kier alpha value is -4.22. The van der Waals surface area contributed by atoms with E-state index in [1.807, 2.05) is 0 Å². The van der Waals surface area contributed by atoms with E-state index < -0.39 is 29.8 Å². The predicted octanol–water partition coefficient (Wildman–Crippen LogP) is 3.60. The van der Waals surface area contributed by atoms with Crippen LogP contribution >= 0.6 is 0 Å². The Morgan fingerprint density at radius 2 is 1.54 bits per heavy atom. The van der Waals surface area contributed by atoms with E-state index >= 15 is 0 Å². The Labute approximate surface area is 198 Å². The van der Waals surface area contributed by atoms with Crippen molar-refractivity contribution < 1.29 is 36.9 Å². The van der Waals surface area contributed by atoms with E-state index in [0.29, 0.717) is 28.5 Å². The SMILES string of the molecule is COc1ccc(C(F)(F)F)cc1NC(=O)Cn1nc(-c2cc(OC)c(OC)c(OC)c2)ccc1=O. The van der Waals surface area contributed by atoms with Crippen LogP contribution in [-0.2, 0) is 17.5 Å². The number of anilines is 1. The van der Waals surface area contributed by atoms with E-state index in [0.717, 1.165) is 22.9 Å². The third kappa shape index (κ3) is 5.65. The Balaban J connectivity index is 1.91. The lowest BCUT2D eigenvalue weighted by Gasteiger charge is -2.15. The van der Waals surface area contributed by atoms with Gasteiger partial charge < -0.3 is 24.3 Å². The molecule has 0 unspecified atom stereocenters. The molecule has 3 rings (SSSR count). The van der Waals surface area contributed by atoms with Crippen LogP contribution < -0.4 is 29.8 Å². The summed E-state index contributed by atoms with van der Waals surface area (Å²) < 4.78 is 61.1. The number of carbonyl (C=O) groups excluding carboxylic acids is 1. The molecule has 0 spiro atoms. The summed E-state index contributed by atoms with van der Waals surface area (Å²) in [6.07, 6.45) is -4.61. The normalized spacial score (nSPS) is 11.1. The van der Waals surface area contributed by atoms with E-state index in [-0.39, 0.29) is 11.4 Å². The molecule has 0 saturated carbocycles. The van der Waals surface area contributed by atoms with Gasteiger partial charge in [0.25, 0.3) is 5.56 Å². The molecule has 9 nitrogen and oxygen atoms in total. The third-order valence-corrected chi connectivity index (χ3v) is 4.92. The van der Waals surface area contributed by atoms with Crippen molar-refractivity contribution in [1.82, 2.24) is 9.78 Å². The second-order valence-corrected chi connectivity index (χ2v) is 7.09. The number of halogens is 3. The monoisotopic (exact) mass is 493 g/mol. The standard InChI is InChI=1S/C23H22F3N3O6/c1-32-17-7-5-14(23(24,25)26)11-16(17)27-20(30)12-29-21(31)8-6-15(28-29)13-9-18(33-2)22(35-4)19(10-13)34-3/h5-11H,12H2,1-4H3,(H,27,30). The van der Waals surface area contributed by atoms with Crippen molar-refractivity contribution >= 4 is 11.6 Å². The first kappa shape index (κ1) is 25.4. The minimum atomic E-state index is -4.61. The van der Waals surface area contributed by atoms with E-state index in [9.17, 15) is 22.8 Å². The second-order valence-electron chi connectivity index (χ2n) is 7.09. The average molecular weight is 493 g/mol. The zero-order chi connectivity index (χ0) is 25.8. The first-order valence-electron chi connectivity index (χ1n) is 10.0. The van der Waals surface area contributed by atoms with Gasteiger partial charge in [-0.2, -0.15) is 18.3 Å². The molecule has 186 valence electrons. The summed E-state index contributed by atoms with van der Waals surface area (Å²) in [7, 11) is 5.60. The number of hydrogen-bond acceptors (Lipinski definition) is 7. The van der Waals surface area contributed by atoms with Crippen LogP contribution in [0.5, 0.6) is 23.0 Å². The highest BCUT2D eigenvalue weighted by atomic mass is 19.4. The highest BCUT2D eigenvalue weighted by Gasteiger charge is 2.31. The van der Waals surface area contributed by atoms with Crippen LogP contribution in [0.2, 0.25) is 0 Å². The fourth-order valence-electron chi connectivity index (χ4n) is 3.25. The molecule has 3 aromatic rings. The molecule has 0 aliphatic carbocycles. The Morgan fingerprint density at radius 3 is 2.09 bits per heavy atom. The van der Waals surface area contributed by atoms with Gasteiger partial charge in [0.15, 0.2) is 11.5 Å². The highest BCUT2D eigenvalue weighted by Crippen LogP contribution is 2.40. The largest absolute Gasteiger partial charge is 0.495 e. The van der Waals surface area contributed by atoms with E-state index in [1.54, 1.807) is 12.1 Å². The van der Waals surface area contributed by atoms with E-state index in [1.165, 1.54) is 40.6 Å². The maximum Gasteiger partial charge on any atom is 0.416 e. The minimum absolute atomic E-state index is 0.0258. The van der Waals surface area contributed by atoms with Crippen LogP contribution in [-0.4, -0.2) is 44.1 Å². The molecule has 12 heteroatoms. The van der Waals surface area contributed by atoms with Gasteiger partial charge in [-0.3, -0.25) is 9.59 Å². The highest BCUT2D eigenvalue weighted by molar-refractivity contribution is 5.92. The van der Waals surface area contributed by atoms with Gasteiger partial charge in [-0.1, -0.05) is 0 Å². The summed E-state index contributed by atoms with van der Waals surface area (Å²) >= 11 is 0. The fourth-order valence-corrected chi connectivity index (χ4v) is 3.25. The summed E-state index contributed by atoms with van der Waals surface area (Å²) in [6.45, 7) is -0.559. The molecule has 1 N–H and O–H groups in total. The number of alkyl halides is 3. The summed E-state index contributed by atoms with van der Waals surface area (Å²) in [5.74, 6) is 0.324. The first-order valence-corrected chi connectivity index (χ1v) is 10.0. The smallest absolute Gasteiger partial charge is 0.416 e. The first-order chi connectivity index (χ1) is 16.6. The van der Waals surface area contributed by atoms with Crippen molar-refractivity contribution in [3.05, 3.63) is 58.4 Å². The lowest BCUT2D eigenvalue weighted by molar-refractivity contribution is -0.137. The molecule has 0 saturated heterocycles. The molecule has 0 radical (unpaired) electrons. The average Bonchev–Trinajstić information content (AvgIpc) is 2.83. The quantitative estimate of drug-likeness (QED) is 0.512. The molecule has 0 aliphatic rings. The number of benzene rings is 2. The molecule has 0 aliphatic heterocycles. The molecule has 0 atom stereocenters. The number of aromatic nitrogens is 2.